The van der Waals surface area contributed by atoms with Crippen molar-refractivity contribution in [1.82, 2.24) is 13.9 Å². The van der Waals surface area contributed by atoms with Gasteiger partial charge >= 0.3 is 11.4 Å². The fraction of sp³-hybridized carbons (Fsp3) is 0.158. The van der Waals surface area contributed by atoms with Gasteiger partial charge in [-0.25, -0.2) is 23.5 Å². The first kappa shape index (κ1) is 29.0. The third kappa shape index (κ3) is 4.14. The van der Waals surface area contributed by atoms with Gasteiger partial charge in [-0.1, -0.05) is 103 Å². The fourth-order valence-corrected chi connectivity index (χ4v) is 8.31. The van der Waals surface area contributed by atoms with E-state index in [2.05, 4.69) is 0 Å². The van der Waals surface area contributed by atoms with Crippen LogP contribution in [0.4, 0.5) is 0 Å². The molecule has 1 saturated carbocycles. The summed E-state index contributed by atoms with van der Waals surface area (Å²) in [7, 11) is 0. The molecule has 3 aliphatic rings. The molecule has 232 valence electrons. The summed E-state index contributed by atoms with van der Waals surface area (Å²) in [4.78, 5) is 57.9. The molecule has 1 N–H and O–H groups in total. The number of phenolic OH excluding ortho intramolecular Hbond substituents is 1. The van der Waals surface area contributed by atoms with E-state index in [-0.39, 0.29) is 35.3 Å². The van der Waals surface area contributed by atoms with E-state index in [1.165, 1.54) is 27.6 Å². The zero-order valence-electron chi connectivity index (χ0n) is 25.0. The highest BCUT2D eigenvalue weighted by Crippen LogP contribution is 2.62. The van der Waals surface area contributed by atoms with E-state index in [0.29, 0.717) is 33.5 Å². The number of Topliss-reactive ketones (excluding diaryl/α,β-unsaturated/α-hetero) is 1. The predicted octanol–water partition coefficient (Wildman–Crippen LogP) is 5.62. The Morgan fingerprint density at radius 2 is 1.45 bits per heavy atom. The van der Waals surface area contributed by atoms with Gasteiger partial charge in [-0.2, -0.15) is 0 Å². The lowest BCUT2D eigenvalue weighted by molar-refractivity contribution is -0.133. The SMILES string of the molecule is O=C1C(c2ccccc2)=CC(=O)C2(c3ccccc3)C1CC1C(=CCn3c(=O)n(-c4ccccc4)c(=O)n31)C2c1ccc(O)cc1Cl. The van der Waals surface area contributed by atoms with Crippen LogP contribution >= 0.6 is 11.6 Å². The number of fused-ring (bicyclic) bond motifs is 4. The van der Waals surface area contributed by atoms with Crippen LogP contribution in [0, 0.1) is 5.92 Å². The molecule has 0 radical (unpaired) electrons. The molecule has 0 amide bonds. The molecule has 2 aliphatic carbocycles. The molecule has 8 rings (SSSR count). The van der Waals surface area contributed by atoms with Gasteiger partial charge in [0.05, 0.1) is 23.7 Å². The van der Waals surface area contributed by atoms with Gasteiger partial charge in [-0.15, -0.1) is 0 Å². The van der Waals surface area contributed by atoms with Crippen LogP contribution < -0.4 is 11.4 Å². The summed E-state index contributed by atoms with van der Waals surface area (Å²) < 4.78 is 3.98. The van der Waals surface area contributed by atoms with Gasteiger partial charge in [0.2, 0.25) is 0 Å². The van der Waals surface area contributed by atoms with Gasteiger partial charge in [0, 0.05) is 22.4 Å². The second-order valence-corrected chi connectivity index (χ2v) is 12.6. The number of para-hydroxylation sites is 1. The Morgan fingerprint density at radius 1 is 0.787 bits per heavy atom. The monoisotopic (exact) mass is 641 g/mol. The van der Waals surface area contributed by atoms with Gasteiger partial charge in [-0.05, 0) is 59.0 Å². The lowest BCUT2D eigenvalue weighted by Crippen LogP contribution is -2.58. The first-order chi connectivity index (χ1) is 22.8. The molecule has 0 saturated heterocycles. The van der Waals surface area contributed by atoms with Crippen molar-refractivity contribution in [3.8, 4) is 11.4 Å². The normalized spacial score (nSPS) is 23.3. The fourth-order valence-electron chi connectivity index (χ4n) is 8.03. The molecular formula is C38H28ClN3O5. The molecule has 1 aromatic heterocycles. The van der Waals surface area contributed by atoms with E-state index in [1.807, 2.05) is 60.7 Å². The minimum Gasteiger partial charge on any atom is -0.508 e. The number of ketones is 2. The van der Waals surface area contributed by atoms with Gasteiger partial charge in [0.25, 0.3) is 0 Å². The molecule has 0 spiro atoms. The topological polar surface area (TPSA) is 103 Å². The number of halogens is 1. The number of nitrogens with zero attached hydrogens (tertiary/aromatic N) is 3. The third-order valence-electron chi connectivity index (χ3n) is 9.95. The number of aromatic hydroxyl groups is 1. The van der Waals surface area contributed by atoms with E-state index < -0.39 is 34.7 Å². The van der Waals surface area contributed by atoms with Crippen molar-refractivity contribution in [2.75, 3.05) is 0 Å². The van der Waals surface area contributed by atoms with E-state index in [1.54, 1.807) is 42.5 Å². The maximum Gasteiger partial charge on any atom is 0.352 e. The number of benzene rings is 4. The molecular weight excluding hydrogens is 614 g/mol. The summed E-state index contributed by atoms with van der Waals surface area (Å²) in [6.45, 7) is 0.0781. The van der Waals surface area contributed by atoms with Crippen molar-refractivity contribution in [2.24, 2.45) is 5.92 Å². The summed E-state index contributed by atoms with van der Waals surface area (Å²) in [5.74, 6) is -2.26. The summed E-state index contributed by atoms with van der Waals surface area (Å²) >= 11 is 6.90. The van der Waals surface area contributed by atoms with Gasteiger partial charge in [-0.3, -0.25) is 9.59 Å². The van der Waals surface area contributed by atoms with E-state index in [4.69, 9.17) is 11.6 Å². The zero-order chi connectivity index (χ0) is 32.4. The number of carbonyl (C=O) groups excluding carboxylic acids is 2. The number of phenols is 1. The summed E-state index contributed by atoms with van der Waals surface area (Å²) in [6, 6.07) is 30.9. The van der Waals surface area contributed by atoms with Crippen LogP contribution in [0.1, 0.15) is 35.1 Å². The van der Waals surface area contributed by atoms with E-state index in [9.17, 15) is 24.3 Å². The standard InChI is InChI=1S/C38H28ClN3O5/c39-31-20-26(43)16-17-27(31)34-28-18-19-40-36(46)41(25-14-8-3-9-15-25)37(47)42(40)32(28)22-30-35(45)29(23-10-4-1-5-11-23)21-33(44)38(30,34)24-12-6-2-7-13-24/h1-18,20-21,30,32,34,43H,19,22H2. The Labute approximate surface area is 274 Å². The highest BCUT2D eigenvalue weighted by atomic mass is 35.5. The van der Waals surface area contributed by atoms with Gasteiger partial charge in [0.15, 0.2) is 11.6 Å². The summed E-state index contributed by atoms with van der Waals surface area (Å²) in [5.41, 5.74) is 0.814. The molecule has 5 aromatic rings. The number of hydrogen-bond acceptors (Lipinski definition) is 5. The summed E-state index contributed by atoms with van der Waals surface area (Å²) in [5, 5.41) is 10.6. The van der Waals surface area contributed by atoms with Gasteiger partial charge in [0.1, 0.15) is 5.75 Å². The van der Waals surface area contributed by atoms with Crippen molar-refractivity contribution in [3.63, 3.8) is 0 Å². The molecule has 1 aliphatic heterocycles. The Kier molecular flexibility index (Phi) is 6.66. The largest absolute Gasteiger partial charge is 0.508 e. The molecule has 0 bridgehead atoms. The zero-order valence-corrected chi connectivity index (χ0v) is 25.7. The van der Waals surface area contributed by atoms with Crippen LogP contribution in [0.25, 0.3) is 11.3 Å². The van der Waals surface area contributed by atoms with Crippen molar-refractivity contribution in [3.05, 3.63) is 170 Å². The molecule has 9 heteroatoms. The maximum atomic E-state index is 15.0. The third-order valence-corrected chi connectivity index (χ3v) is 10.3. The maximum absolute atomic E-state index is 15.0. The van der Waals surface area contributed by atoms with Crippen molar-refractivity contribution in [1.29, 1.82) is 0 Å². The number of allylic oxidation sites excluding steroid dienone is 4. The first-order valence-electron chi connectivity index (χ1n) is 15.4. The average Bonchev–Trinajstić information content (AvgIpc) is 3.36. The van der Waals surface area contributed by atoms with E-state index >= 15 is 0 Å². The molecule has 2 heterocycles. The van der Waals surface area contributed by atoms with Crippen LogP contribution in [0.3, 0.4) is 0 Å². The van der Waals surface area contributed by atoms with Gasteiger partial charge < -0.3 is 5.11 Å². The van der Waals surface area contributed by atoms with Crippen LogP contribution in [-0.4, -0.2) is 30.6 Å². The minimum absolute atomic E-state index is 0.0450. The Balaban J connectivity index is 1.43. The Bertz CT molecular complexity index is 2270. The molecule has 4 atom stereocenters. The smallest absolute Gasteiger partial charge is 0.352 e. The summed E-state index contributed by atoms with van der Waals surface area (Å²) in [6.07, 6.45) is 3.45. The van der Waals surface area contributed by atoms with Crippen LogP contribution in [0.2, 0.25) is 5.02 Å². The lowest BCUT2D eigenvalue weighted by Gasteiger charge is -2.54. The van der Waals surface area contributed by atoms with Crippen LogP contribution in [0.5, 0.6) is 5.75 Å². The highest BCUT2D eigenvalue weighted by Gasteiger charge is 2.63. The quantitative estimate of drug-likeness (QED) is 0.257. The minimum atomic E-state index is -1.42. The number of hydrogen-bond donors (Lipinski definition) is 1. The Morgan fingerprint density at radius 3 is 2.13 bits per heavy atom. The first-order valence-corrected chi connectivity index (χ1v) is 15.8. The van der Waals surface area contributed by atoms with Crippen molar-refractivity contribution >= 4 is 28.7 Å². The highest BCUT2D eigenvalue weighted by molar-refractivity contribution is 6.33. The molecule has 47 heavy (non-hydrogen) atoms. The predicted molar refractivity (Wildman–Crippen MR) is 178 cm³/mol. The Hall–Kier alpha value is -5.47. The molecule has 8 nitrogen and oxygen atoms in total. The van der Waals surface area contributed by atoms with Crippen LogP contribution in [-0.2, 0) is 21.5 Å². The van der Waals surface area contributed by atoms with Crippen molar-refractivity contribution in [2.45, 2.75) is 30.3 Å². The number of carbonyl (C=O) groups is 2. The number of aromatic nitrogens is 3. The second kappa shape index (κ2) is 10.8. The number of rotatable bonds is 4. The van der Waals surface area contributed by atoms with Crippen LogP contribution in [0.15, 0.2) is 137 Å². The lowest BCUT2D eigenvalue weighted by atomic mass is 9.47. The second-order valence-electron chi connectivity index (χ2n) is 12.2. The molecule has 4 aromatic carbocycles. The van der Waals surface area contributed by atoms with E-state index in [0.717, 1.165) is 4.57 Å². The molecule has 1 fully saturated rings. The molecule has 4 unspecified atom stereocenters. The van der Waals surface area contributed by atoms with Crippen molar-refractivity contribution < 1.29 is 14.7 Å². The average molecular weight is 642 g/mol.